The zero-order valence-electron chi connectivity index (χ0n) is 14.5. The van der Waals surface area contributed by atoms with Gasteiger partial charge in [-0.2, -0.15) is 0 Å². The van der Waals surface area contributed by atoms with Crippen LogP contribution < -0.4 is 4.90 Å². The van der Waals surface area contributed by atoms with Crippen molar-refractivity contribution >= 4 is 22.7 Å². The lowest BCUT2D eigenvalue weighted by molar-refractivity contribution is 0.721. The number of nitrogens with one attached hydrogen (secondary N) is 1. The maximum Gasteiger partial charge on any atom is 0.0754 e. The van der Waals surface area contributed by atoms with Crippen molar-refractivity contribution < 1.29 is 0 Å². The van der Waals surface area contributed by atoms with Gasteiger partial charge in [-0.1, -0.05) is 78.9 Å². The van der Waals surface area contributed by atoms with Crippen molar-refractivity contribution in [3.8, 4) is 0 Å². The lowest BCUT2D eigenvalue weighted by Crippen LogP contribution is -2.29. The van der Waals surface area contributed by atoms with E-state index in [0.29, 0.717) is 0 Å². The van der Waals surface area contributed by atoms with Crippen LogP contribution in [0.3, 0.4) is 0 Å². The molecule has 1 aromatic heterocycles. The minimum absolute atomic E-state index is 0.209. The lowest BCUT2D eigenvalue weighted by atomic mass is 9.96. The Morgan fingerprint density at radius 2 is 1.58 bits per heavy atom. The van der Waals surface area contributed by atoms with Crippen LogP contribution in [0.2, 0.25) is 0 Å². The quantitative estimate of drug-likeness (QED) is 0.490. The van der Waals surface area contributed by atoms with Gasteiger partial charge in [-0.05, 0) is 23.3 Å². The molecule has 2 heteroatoms. The Hall–Kier alpha value is -3.26. The van der Waals surface area contributed by atoms with Gasteiger partial charge >= 0.3 is 0 Å². The number of nitrogens with zero attached hydrogens (tertiary/aromatic N) is 1. The number of rotatable bonds is 3. The third kappa shape index (κ3) is 2.51. The Bertz CT molecular complexity index is 1080. The molecule has 1 atom stereocenters. The largest absolute Gasteiger partial charge is 0.361 e. The Labute approximate surface area is 153 Å². The van der Waals surface area contributed by atoms with E-state index in [4.69, 9.17) is 0 Å². The first-order valence-electron chi connectivity index (χ1n) is 9.04. The molecule has 0 saturated heterocycles. The minimum atomic E-state index is 0.209. The van der Waals surface area contributed by atoms with Crippen molar-refractivity contribution in [2.24, 2.45) is 0 Å². The van der Waals surface area contributed by atoms with Gasteiger partial charge in [-0.25, -0.2) is 0 Å². The number of aromatic nitrogens is 1. The average Bonchev–Trinajstić information content (AvgIpc) is 3.13. The van der Waals surface area contributed by atoms with Crippen LogP contribution in [-0.4, -0.2) is 4.98 Å². The highest BCUT2D eigenvalue weighted by atomic mass is 15.2. The SMILES string of the molecule is C1=CC(c2c[nH]c3ccccc23)N(Cc2ccccc2)c2ccccc21. The summed E-state index contributed by atoms with van der Waals surface area (Å²) in [6, 6.07) is 28.1. The van der Waals surface area contributed by atoms with Crippen LogP contribution in [0.1, 0.15) is 22.7 Å². The van der Waals surface area contributed by atoms with E-state index in [1.54, 1.807) is 0 Å². The molecule has 4 aromatic rings. The molecule has 0 saturated carbocycles. The number of hydrogen-bond donors (Lipinski definition) is 1. The molecule has 3 aromatic carbocycles. The summed E-state index contributed by atoms with van der Waals surface area (Å²) in [5, 5.41) is 1.29. The van der Waals surface area contributed by atoms with Gasteiger partial charge < -0.3 is 9.88 Å². The van der Waals surface area contributed by atoms with Crippen molar-refractivity contribution in [2.75, 3.05) is 4.90 Å². The predicted molar refractivity (Wildman–Crippen MR) is 109 cm³/mol. The van der Waals surface area contributed by atoms with Gasteiger partial charge in [0.05, 0.1) is 6.04 Å². The lowest BCUT2D eigenvalue weighted by Gasteiger charge is -2.36. The number of hydrogen-bond acceptors (Lipinski definition) is 1. The number of benzene rings is 3. The van der Waals surface area contributed by atoms with Gasteiger partial charge in [0.15, 0.2) is 0 Å². The molecule has 1 N–H and O–H groups in total. The summed E-state index contributed by atoms with van der Waals surface area (Å²) in [7, 11) is 0. The Kier molecular flexibility index (Phi) is 3.60. The molecule has 2 heterocycles. The van der Waals surface area contributed by atoms with E-state index in [-0.39, 0.29) is 6.04 Å². The Balaban J connectivity index is 1.63. The van der Waals surface area contributed by atoms with Gasteiger partial charge in [0.25, 0.3) is 0 Å². The van der Waals surface area contributed by atoms with Crippen molar-refractivity contribution in [2.45, 2.75) is 12.6 Å². The molecular formula is C24H20N2. The van der Waals surface area contributed by atoms with Crippen LogP contribution in [0.4, 0.5) is 5.69 Å². The number of para-hydroxylation sites is 2. The normalized spacial score (nSPS) is 16.0. The van der Waals surface area contributed by atoms with E-state index >= 15 is 0 Å². The molecule has 2 nitrogen and oxygen atoms in total. The molecule has 1 unspecified atom stereocenters. The maximum absolute atomic E-state index is 3.43. The fraction of sp³-hybridized carbons (Fsp3) is 0.0833. The second-order valence-electron chi connectivity index (χ2n) is 6.77. The highest BCUT2D eigenvalue weighted by molar-refractivity contribution is 5.85. The summed E-state index contributed by atoms with van der Waals surface area (Å²) in [5.74, 6) is 0. The third-order valence-electron chi connectivity index (χ3n) is 5.18. The molecule has 0 radical (unpaired) electrons. The Morgan fingerprint density at radius 3 is 2.50 bits per heavy atom. The first kappa shape index (κ1) is 15.0. The van der Waals surface area contributed by atoms with Gasteiger partial charge in [-0.3, -0.25) is 0 Å². The molecule has 26 heavy (non-hydrogen) atoms. The number of anilines is 1. The highest BCUT2D eigenvalue weighted by Crippen LogP contribution is 2.39. The maximum atomic E-state index is 3.43. The summed E-state index contributed by atoms with van der Waals surface area (Å²) in [4.78, 5) is 5.93. The van der Waals surface area contributed by atoms with Gasteiger partial charge in [0.2, 0.25) is 0 Å². The number of H-pyrrole nitrogens is 1. The van der Waals surface area contributed by atoms with Crippen LogP contribution in [0.15, 0.2) is 91.1 Å². The minimum Gasteiger partial charge on any atom is -0.361 e. The monoisotopic (exact) mass is 336 g/mol. The van der Waals surface area contributed by atoms with Crippen molar-refractivity contribution in [1.82, 2.24) is 4.98 Å². The number of fused-ring (bicyclic) bond motifs is 2. The summed E-state index contributed by atoms with van der Waals surface area (Å²) >= 11 is 0. The fourth-order valence-corrected chi connectivity index (χ4v) is 3.91. The first-order chi connectivity index (χ1) is 12.9. The molecule has 0 aliphatic carbocycles. The molecule has 0 spiro atoms. The smallest absolute Gasteiger partial charge is 0.0754 e. The fourth-order valence-electron chi connectivity index (χ4n) is 3.91. The summed E-state index contributed by atoms with van der Waals surface area (Å²) in [6.07, 6.45) is 6.73. The van der Waals surface area contributed by atoms with Crippen LogP contribution >= 0.6 is 0 Å². The molecule has 5 rings (SSSR count). The molecule has 1 aliphatic heterocycles. The molecule has 1 aliphatic rings. The topological polar surface area (TPSA) is 19.0 Å². The predicted octanol–water partition coefficient (Wildman–Crippen LogP) is 5.94. The molecule has 0 bridgehead atoms. The molecule has 126 valence electrons. The highest BCUT2D eigenvalue weighted by Gasteiger charge is 2.25. The summed E-state index contributed by atoms with van der Waals surface area (Å²) in [5.41, 5.74) is 6.40. The molecule has 0 fully saturated rings. The van der Waals surface area contributed by atoms with Gasteiger partial charge in [0.1, 0.15) is 0 Å². The van der Waals surface area contributed by atoms with E-state index in [0.717, 1.165) is 6.54 Å². The van der Waals surface area contributed by atoms with E-state index < -0.39 is 0 Å². The van der Waals surface area contributed by atoms with E-state index in [1.165, 1.54) is 33.3 Å². The summed E-state index contributed by atoms with van der Waals surface area (Å²) in [6.45, 7) is 0.881. The number of aromatic amines is 1. The standard InChI is InChI=1S/C24H20N2/c1-2-8-18(9-3-1)17-26-23-13-7-4-10-19(23)14-15-24(26)21-16-25-22-12-6-5-11-20(21)22/h1-16,24-25H,17H2. The van der Waals surface area contributed by atoms with Gasteiger partial charge in [-0.15, -0.1) is 0 Å². The second-order valence-corrected chi connectivity index (χ2v) is 6.77. The molecule has 0 amide bonds. The molecular weight excluding hydrogens is 316 g/mol. The van der Waals surface area contributed by atoms with E-state index in [1.807, 2.05) is 0 Å². The van der Waals surface area contributed by atoms with Crippen molar-refractivity contribution in [1.29, 1.82) is 0 Å². The first-order valence-corrected chi connectivity index (χ1v) is 9.04. The second kappa shape index (κ2) is 6.23. The van der Waals surface area contributed by atoms with Gasteiger partial charge in [0, 0.05) is 34.9 Å². The van der Waals surface area contributed by atoms with Crippen LogP contribution in [0, 0.1) is 0 Å². The van der Waals surface area contributed by atoms with E-state index in [9.17, 15) is 0 Å². The van der Waals surface area contributed by atoms with Crippen LogP contribution in [0.25, 0.3) is 17.0 Å². The summed E-state index contributed by atoms with van der Waals surface area (Å²) < 4.78 is 0. The van der Waals surface area contributed by atoms with Crippen molar-refractivity contribution in [3.63, 3.8) is 0 Å². The van der Waals surface area contributed by atoms with Crippen LogP contribution in [-0.2, 0) is 6.54 Å². The average molecular weight is 336 g/mol. The zero-order chi connectivity index (χ0) is 17.3. The van der Waals surface area contributed by atoms with E-state index in [2.05, 4.69) is 107 Å². The van der Waals surface area contributed by atoms with Crippen molar-refractivity contribution in [3.05, 3.63) is 108 Å². The third-order valence-corrected chi connectivity index (χ3v) is 5.18. The van der Waals surface area contributed by atoms with Crippen LogP contribution in [0.5, 0.6) is 0 Å². The zero-order valence-corrected chi connectivity index (χ0v) is 14.5. The Morgan fingerprint density at radius 1 is 0.808 bits per heavy atom.